The van der Waals surface area contributed by atoms with Gasteiger partial charge in [0.25, 0.3) is 0 Å². The first-order chi connectivity index (χ1) is 6.75. The maximum atomic E-state index is 6.01. The lowest BCUT2D eigenvalue weighted by Crippen LogP contribution is -2.05. The van der Waals surface area contributed by atoms with Crippen LogP contribution in [0.2, 0.25) is 10.0 Å². The summed E-state index contributed by atoms with van der Waals surface area (Å²) in [7, 11) is 1.93. The van der Waals surface area contributed by atoms with Gasteiger partial charge >= 0.3 is 0 Å². The molecule has 1 N–H and O–H groups in total. The second-order valence-electron chi connectivity index (χ2n) is 2.94. The zero-order valence-corrected chi connectivity index (χ0v) is 9.57. The fourth-order valence-corrected chi connectivity index (χ4v) is 1.46. The third kappa shape index (κ3) is 3.33. The standard InChI is InChI=1S/C11H13Cl2N/c1-14-8-3-2-5-9-6-4-7-10(12)11(9)13/h2,4-7,14H,3,8H2,1H3. The van der Waals surface area contributed by atoms with Gasteiger partial charge in [0.05, 0.1) is 10.0 Å². The summed E-state index contributed by atoms with van der Waals surface area (Å²) in [4.78, 5) is 0. The molecule has 0 radical (unpaired) electrons. The Morgan fingerprint density at radius 1 is 1.36 bits per heavy atom. The summed E-state index contributed by atoms with van der Waals surface area (Å²) in [6.45, 7) is 0.967. The highest BCUT2D eigenvalue weighted by Crippen LogP contribution is 2.26. The van der Waals surface area contributed by atoms with Gasteiger partial charge in [-0.25, -0.2) is 0 Å². The second kappa shape index (κ2) is 6.07. The van der Waals surface area contributed by atoms with Crippen LogP contribution in [0.3, 0.4) is 0 Å². The van der Waals surface area contributed by atoms with Gasteiger partial charge in [0, 0.05) is 0 Å². The predicted molar refractivity (Wildman–Crippen MR) is 64.0 cm³/mol. The van der Waals surface area contributed by atoms with E-state index in [1.165, 1.54) is 0 Å². The zero-order chi connectivity index (χ0) is 10.4. The molecular formula is C11H13Cl2N. The summed E-state index contributed by atoms with van der Waals surface area (Å²) < 4.78 is 0. The molecule has 0 atom stereocenters. The Kier molecular flexibility index (Phi) is 5.02. The molecule has 1 aromatic rings. The van der Waals surface area contributed by atoms with E-state index in [0.717, 1.165) is 18.5 Å². The molecule has 0 heterocycles. The van der Waals surface area contributed by atoms with E-state index in [9.17, 15) is 0 Å². The zero-order valence-electron chi connectivity index (χ0n) is 8.06. The lowest BCUT2D eigenvalue weighted by atomic mass is 10.2. The molecule has 0 spiro atoms. The first-order valence-electron chi connectivity index (χ1n) is 4.51. The molecule has 0 saturated carbocycles. The Bertz CT molecular complexity index is 321. The van der Waals surface area contributed by atoms with E-state index >= 15 is 0 Å². The van der Waals surface area contributed by atoms with Gasteiger partial charge in [-0.2, -0.15) is 0 Å². The van der Waals surface area contributed by atoms with Gasteiger partial charge in [0.15, 0.2) is 0 Å². The molecule has 0 saturated heterocycles. The van der Waals surface area contributed by atoms with Crippen LogP contribution in [0.1, 0.15) is 12.0 Å². The molecule has 1 nitrogen and oxygen atoms in total. The Hall–Kier alpha value is -0.500. The van der Waals surface area contributed by atoms with Crippen LogP contribution in [-0.2, 0) is 0 Å². The summed E-state index contributed by atoms with van der Waals surface area (Å²) in [5.74, 6) is 0. The normalized spacial score (nSPS) is 11.1. The molecular weight excluding hydrogens is 217 g/mol. The minimum Gasteiger partial charge on any atom is -0.319 e. The van der Waals surface area contributed by atoms with Crippen molar-refractivity contribution in [3.05, 3.63) is 39.9 Å². The molecule has 0 aliphatic carbocycles. The van der Waals surface area contributed by atoms with Gasteiger partial charge in [-0.15, -0.1) is 0 Å². The first-order valence-corrected chi connectivity index (χ1v) is 5.26. The summed E-state index contributed by atoms with van der Waals surface area (Å²) >= 11 is 11.9. The molecule has 76 valence electrons. The smallest absolute Gasteiger partial charge is 0.0664 e. The highest BCUT2D eigenvalue weighted by Gasteiger charge is 1.99. The number of benzene rings is 1. The Balaban J connectivity index is 2.67. The first kappa shape index (κ1) is 11.6. The van der Waals surface area contributed by atoms with Crippen LogP contribution in [0, 0.1) is 0 Å². The topological polar surface area (TPSA) is 12.0 Å². The second-order valence-corrected chi connectivity index (χ2v) is 3.72. The average Bonchev–Trinajstić information content (AvgIpc) is 2.19. The van der Waals surface area contributed by atoms with Gasteiger partial charge in [0.1, 0.15) is 0 Å². The average molecular weight is 230 g/mol. The molecule has 3 heteroatoms. The van der Waals surface area contributed by atoms with Crippen LogP contribution in [0.5, 0.6) is 0 Å². The third-order valence-electron chi connectivity index (χ3n) is 1.84. The van der Waals surface area contributed by atoms with E-state index < -0.39 is 0 Å². The summed E-state index contributed by atoms with van der Waals surface area (Å²) in [6.07, 6.45) is 5.05. The van der Waals surface area contributed by atoms with Crippen molar-refractivity contribution in [2.75, 3.05) is 13.6 Å². The van der Waals surface area contributed by atoms with Crippen molar-refractivity contribution in [2.24, 2.45) is 0 Å². The van der Waals surface area contributed by atoms with Crippen LogP contribution < -0.4 is 5.32 Å². The molecule has 0 aliphatic rings. The van der Waals surface area contributed by atoms with Crippen molar-refractivity contribution in [3.63, 3.8) is 0 Å². The largest absolute Gasteiger partial charge is 0.319 e. The van der Waals surface area contributed by atoms with Crippen molar-refractivity contribution >= 4 is 29.3 Å². The van der Waals surface area contributed by atoms with E-state index in [1.807, 2.05) is 25.3 Å². The Labute approximate surface area is 94.7 Å². The van der Waals surface area contributed by atoms with Crippen LogP contribution in [0.15, 0.2) is 24.3 Å². The Morgan fingerprint density at radius 3 is 2.86 bits per heavy atom. The SMILES string of the molecule is CNCCC=Cc1cccc(Cl)c1Cl. The van der Waals surface area contributed by atoms with Crippen molar-refractivity contribution in [3.8, 4) is 0 Å². The van der Waals surface area contributed by atoms with E-state index in [2.05, 4.69) is 11.4 Å². The summed E-state index contributed by atoms with van der Waals surface area (Å²) in [5, 5.41) is 4.29. The molecule has 0 aliphatic heterocycles. The maximum Gasteiger partial charge on any atom is 0.0664 e. The van der Waals surface area contributed by atoms with Gasteiger partial charge in [-0.05, 0) is 31.6 Å². The van der Waals surface area contributed by atoms with E-state index in [0.29, 0.717) is 10.0 Å². The molecule has 0 bridgehead atoms. The lowest BCUT2D eigenvalue weighted by Gasteiger charge is -1.99. The monoisotopic (exact) mass is 229 g/mol. The summed E-state index contributed by atoms with van der Waals surface area (Å²) in [5.41, 5.74) is 0.968. The lowest BCUT2D eigenvalue weighted by molar-refractivity contribution is 0.809. The number of hydrogen-bond donors (Lipinski definition) is 1. The Morgan fingerprint density at radius 2 is 2.14 bits per heavy atom. The predicted octanol–water partition coefficient (Wildman–Crippen LogP) is 3.62. The number of nitrogens with one attached hydrogen (secondary N) is 1. The van der Waals surface area contributed by atoms with Gasteiger partial charge in [-0.1, -0.05) is 47.5 Å². The molecule has 1 rings (SSSR count). The van der Waals surface area contributed by atoms with Crippen LogP contribution in [0.25, 0.3) is 6.08 Å². The molecule has 14 heavy (non-hydrogen) atoms. The summed E-state index contributed by atoms with van der Waals surface area (Å²) in [6, 6.07) is 5.63. The maximum absolute atomic E-state index is 6.01. The van der Waals surface area contributed by atoms with E-state index in [4.69, 9.17) is 23.2 Å². The van der Waals surface area contributed by atoms with Crippen LogP contribution >= 0.6 is 23.2 Å². The van der Waals surface area contributed by atoms with Crippen molar-refractivity contribution in [2.45, 2.75) is 6.42 Å². The minimum absolute atomic E-state index is 0.599. The van der Waals surface area contributed by atoms with Crippen molar-refractivity contribution < 1.29 is 0 Å². The van der Waals surface area contributed by atoms with E-state index in [1.54, 1.807) is 6.07 Å². The van der Waals surface area contributed by atoms with Gasteiger partial charge < -0.3 is 5.32 Å². The number of hydrogen-bond acceptors (Lipinski definition) is 1. The molecule has 1 aromatic carbocycles. The van der Waals surface area contributed by atoms with Gasteiger partial charge in [-0.3, -0.25) is 0 Å². The molecule has 0 aromatic heterocycles. The minimum atomic E-state index is 0.599. The van der Waals surface area contributed by atoms with Crippen LogP contribution in [0.4, 0.5) is 0 Å². The highest BCUT2D eigenvalue weighted by molar-refractivity contribution is 6.42. The number of halogens is 2. The highest BCUT2D eigenvalue weighted by atomic mass is 35.5. The number of rotatable bonds is 4. The van der Waals surface area contributed by atoms with Crippen molar-refractivity contribution in [1.29, 1.82) is 0 Å². The van der Waals surface area contributed by atoms with Crippen LogP contribution in [-0.4, -0.2) is 13.6 Å². The van der Waals surface area contributed by atoms with Crippen molar-refractivity contribution in [1.82, 2.24) is 5.32 Å². The molecule has 0 unspecified atom stereocenters. The fourth-order valence-electron chi connectivity index (χ4n) is 1.09. The van der Waals surface area contributed by atoms with E-state index in [-0.39, 0.29) is 0 Å². The fraction of sp³-hybridized carbons (Fsp3) is 0.273. The third-order valence-corrected chi connectivity index (χ3v) is 2.67. The molecule has 0 amide bonds. The van der Waals surface area contributed by atoms with Gasteiger partial charge in [0.2, 0.25) is 0 Å². The molecule has 0 fully saturated rings. The quantitative estimate of drug-likeness (QED) is 0.779.